The van der Waals surface area contributed by atoms with E-state index in [1.165, 1.54) is 14.1 Å². The second-order valence-corrected chi connectivity index (χ2v) is 5.44. The number of rotatable bonds is 2. The van der Waals surface area contributed by atoms with Crippen molar-refractivity contribution in [3.8, 4) is 0 Å². The van der Waals surface area contributed by atoms with Gasteiger partial charge >= 0.3 is 0 Å². The SMILES string of the molecule is CN(C)C(=O)c1cc(S(N)(=O)=O)c(Cl)cc1F. The quantitative estimate of drug-likeness (QED) is 0.871. The van der Waals surface area contributed by atoms with E-state index < -0.39 is 32.2 Å². The molecule has 5 nitrogen and oxygen atoms in total. The molecule has 0 aliphatic heterocycles. The molecule has 0 saturated heterocycles. The lowest BCUT2D eigenvalue weighted by atomic mass is 10.2. The van der Waals surface area contributed by atoms with Crippen LogP contribution in [-0.4, -0.2) is 33.3 Å². The standard InChI is InChI=1S/C9H10ClFN2O3S/c1-13(2)9(14)5-3-8(17(12,15)16)6(10)4-7(5)11/h3-4H,1-2H3,(H2,12,15,16). The van der Waals surface area contributed by atoms with Crippen LogP contribution in [0.1, 0.15) is 10.4 Å². The summed E-state index contributed by atoms with van der Waals surface area (Å²) < 4.78 is 35.8. The minimum atomic E-state index is -4.10. The molecular weight excluding hydrogens is 271 g/mol. The molecule has 0 bridgehead atoms. The van der Waals surface area contributed by atoms with Crippen LogP contribution in [0.5, 0.6) is 0 Å². The molecule has 0 atom stereocenters. The molecule has 0 radical (unpaired) electrons. The minimum Gasteiger partial charge on any atom is -0.345 e. The first-order chi connectivity index (χ1) is 7.64. The maximum Gasteiger partial charge on any atom is 0.256 e. The van der Waals surface area contributed by atoms with Crippen molar-refractivity contribution in [3.05, 3.63) is 28.5 Å². The molecule has 94 valence electrons. The highest BCUT2D eigenvalue weighted by Crippen LogP contribution is 2.24. The molecular formula is C9H10ClFN2O3S. The first kappa shape index (κ1) is 13.9. The number of nitrogens with zero attached hydrogens (tertiary/aromatic N) is 1. The molecule has 0 saturated carbocycles. The number of nitrogens with two attached hydrogens (primary N) is 1. The number of primary sulfonamides is 1. The topological polar surface area (TPSA) is 80.5 Å². The lowest BCUT2D eigenvalue weighted by Crippen LogP contribution is -2.24. The number of sulfonamides is 1. The van der Waals surface area contributed by atoms with Crippen LogP contribution in [-0.2, 0) is 10.0 Å². The molecule has 0 aromatic heterocycles. The second-order valence-electron chi connectivity index (χ2n) is 3.51. The van der Waals surface area contributed by atoms with Gasteiger partial charge in [-0.2, -0.15) is 0 Å². The minimum absolute atomic E-state index is 0.361. The van der Waals surface area contributed by atoms with E-state index in [2.05, 4.69) is 0 Å². The van der Waals surface area contributed by atoms with Gasteiger partial charge < -0.3 is 4.90 Å². The smallest absolute Gasteiger partial charge is 0.256 e. The Morgan fingerprint density at radius 3 is 2.35 bits per heavy atom. The van der Waals surface area contributed by atoms with Crippen LogP contribution in [0.4, 0.5) is 4.39 Å². The van der Waals surface area contributed by atoms with Gasteiger partial charge in [0.25, 0.3) is 5.91 Å². The number of benzene rings is 1. The average molecular weight is 281 g/mol. The first-order valence-corrected chi connectivity index (χ1v) is 6.30. The first-order valence-electron chi connectivity index (χ1n) is 4.38. The van der Waals surface area contributed by atoms with E-state index in [0.717, 1.165) is 17.0 Å². The zero-order chi connectivity index (χ0) is 13.4. The highest BCUT2D eigenvalue weighted by molar-refractivity contribution is 7.89. The van der Waals surface area contributed by atoms with Crippen LogP contribution in [0.3, 0.4) is 0 Å². The van der Waals surface area contributed by atoms with E-state index in [4.69, 9.17) is 16.7 Å². The molecule has 0 heterocycles. The zero-order valence-corrected chi connectivity index (χ0v) is 10.6. The van der Waals surface area contributed by atoms with Gasteiger partial charge in [-0.15, -0.1) is 0 Å². The van der Waals surface area contributed by atoms with E-state index >= 15 is 0 Å². The van der Waals surface area contributed by atoms with Crippen LogP contribution < -0.4 is 5.14 Å². The third-order valence-electron chi connectivity index (χ3n) is 1.96. The summed E-state index contributed by atoms with van der Waals surface area (Å²) in [7, 11) is -1.28. The number of halogens is 2. The van der Waals surface area contributed by atoms with Gasteiger partial charge in [0.1, 0.15) is 10.7 Å². The third-order valence-corrected chi connectivity index (χ3v) is 3.34. The Morgan fingerprint density at radius 2 is 1.94 bits per heavy atom. The molecule has 1 rings (SSSR count). The van der Waals surface area contributed by atoms with Gasteiger partial charge in [0.15, 0.2) is 0 Å². The molecule has 0 unspecified atom stereocenters. The van der Waals surface area contributed by atoms with Crippen LogP contribution >= 0.6 is 11.6 Å². The van der Waals surface area contributed by atoms with Gasteiger partial charge in [-0.3, -0.25) is 4.79 Å². The fourth-order valence-corrected chi connectivity index (χ4v) is 2.24. The van der Waals surface area contributed by atoms with E-state index in [9.17, 15) is 17.6 Å². The van der Waals surface area contributed by atoms with E-state index in [1.807, 2.05) is 0 Å². The summed E-state index contributed by atoms with van der Waals surface area (Å²) >= 11 is 5.55. The van der Waals surface area contributed by atoms with Crippen LogP contribution in [0, 0.1) is 5.82 Å². The third kappa shape index (κ3) is 2.93. The Hall–Kier alpha value is -1.18. The largest absolute Gasteiger partial charge is 0.345 e. The lowest BCUT2D eigenvalue weighted by molar-refractivity contribution is 0.0823. The van der Waals surface area contributed by atoms with Crippen LogP contribution in [0.2, 0.25) is 5.02 Å². The second kappa shape index (κ2) is 4.59. The number of carbonyl (C=O) groups excluding carboxylic acids is 1. The van der Waals surface area contributed by atoms with Gasteiger partial charge in [0.05, 0.1) is 10.6 Å². The summed E-state index contributed by atoms with van der Waals surface area (Å²) in [6.07, 6.45) is 0. The molecule has 0 spiro atoms. The summed E-state index contributed by atoms with van der Waals surface area (Å²) in [5.74, 6) is -1.58. The zero-order valence-electron chi connectivity index (χ0n) is 9.07. The molecule has 1 amide bonds. The molecule has 0 aliphatic rings. The van der Waals surface area contributed by atoms with Gasteiger partial charge in [0, 0.05) is 14.1 Å². The molecule has 1 aromatic rings. The lowest BCUT2D eigenvalue weighted by Gasteiger charge is -2.12. The van der Waals surface area contributed by atoms with Crippen molar-refractivity contribution >= 4 is 27.5 Å². The monoisotopic (exact) mass is 280 g/mol. The van der Waals surface area contributed by atoms with Gasteiger partial charge in [-0.25, -0.2) is 17.9 Å². The highest BCUT2D eigenvalue weighted by atomic mass is 35.5. The predicted molar refractivity (Wildman–Crippen MR) is 60.8 cm³/mol. The van der Waals surface area contributed by atoms with Crippen LogP contribution in [0.25, 0.3) is 0 Å². The van der Waals surface area contributed by atoms with Crippen molar-refractivity contribution in [1.82, 2.24) is 4.90 Å². The van der Waals surface area contributed by atoms with E-state index in [0.29, 0.717) is 0 Å². The maximum atomic E-state index is 13.5. The Balaban J connectivity index is 3.50. The summed E-state index contributed by atoms with van der Waals surface area (Å²) in [6.45, 7) is 0. The summed E-state index contributed by atoms with van der Waals surface area (Å²) in [5.41, 5.74) is -0.400. The Bertz CT molecular complexity index is 572. The maximum absolute atomic E-state index is 13.5. The summed E-state index contributed by atoms with van der Waals surface area (Å²) in [5, 5.41) is 4.53. The van der Waals surface area contributed by atoms with Crippen LogP contribution in [0.15, 0.2) is 17.0 Å². The van der Waals surface area contributed by atoms with Gasteiger partial charge in [-0.05, 0) is 12.1 Å². The molecule has 0 fully saturated rings. The van der Waals surface area contributed by atoms with E-state index in [-0.39, 0.29) is 5.02 Å². The molecule has 17 heavy (non-hydrogen) atoms. The summed E-state index contributed by atoms with van der Waals surface area (Å²) in [6, 6.07) is 1.58. The highest BCUT2D eigenvalue weighted by Gasteiger charge is 2.21. The molecule has 1 aromatic carbocycles. The Labute approximate surface area is 103 Å². The number of hydrogen-bond acceptors (Lipinski definition) is 3. The predicted octanol–water partition coefficient (Wildman–Crippen LogP) is 0.828. The number of carbonyl (C=O) groups is 1. The van der Waals surface area contributed by atoms with Crippen molar-refractivity contribution < 1.29 is 17.6 Å². The molecule has 0 aliphatic carbocycles. The molecule has 2 N–H and O–H groups in total. The fraction of sp³-hybridized carbons (Fsp3) is 0.222. The van der Waals surface area contributed by atoms with Crippen molar-refractivity contribution in [1.29, 1.82) is 0 Å². The van der Waals surface area contributed by atoms with Gasteiger partial charge in [-0.1, -0.05) is 11.6 Å². The molecule has 8 heteroatoms. The summed E-state index contributed by atoms with van der Waals surface area (Å²) in [4.78, 5) is 12.2. The average Bonchev–Trinajstić information content (AvgIpc) is 2.14. The van der Waals surface area contributed by atoms with Crippen molar-refractivity contribution in [2.24, 2.45) is 5.14 Å². The Morgan fingerprint density at radius 1 is 1.41 bits per heavy atom. The Kier molecular flexibility index (Phi) is 3.75. The fourth-order valence-electron chi connectivity index (χ4n) is 1.15. The van der Waals surface area contributed by atoms with Crippen molar-refractivity contribution in [3.63, 3.8) is 0 Å². The normalized spacial score (nSPS) is 11.4. The van der Waals surface area contributed by atoms with Crippen molar-refractivity contribution in [2.75, 3.05) is 14.1 Å². The number of amides is 1. The number of hydrogen-bond donors (Lipinski definition) is 1. The van der Waals surface area contributed by atoms with E-state index in [1.54, 1.807) is 0 Å². The van der Waals surface area contributed by atoms with Gasteiger partial charge in [0.2, 0.25) is 10.0 Å². The van der Waals surface area contributed by atoms with Crippen molar-refractivity contribution in [2.45, 2.75) is 4.90 Å².